The summed E-state index contributed by atoms with van der Waals surface area (Å²) in [5.74, 6) is -1.50. The van der Waals surface area contributed by atoms with Crippen molar-refractivity contribution in [2.75, 3.05) is 11.9 Å². The number of carbonyl (C=O) groups is 2. The molecule has 0 spiro atoms. The molecule has 6 nitrogen and oxygen atoms in total. The van der Waals surface area contributed by atoms with Gasteiger partial charge in [-0.05, 0) is 25.5 Å². The van der Waals surface area contributed by atoms with Gasteiger partial charge in [0, 0.05) is 12.2 Å². The molecule has 0 saturated carbocycles. The van der Waals surface area contributed by atoms with Gasteiger partial charge in [-0.1, -0.05) is 18.2 Å². The lowest BCUT2D eigenvalue weighted by atomic mass is 10.1. The first-order valence-corrected chi connectivity index (χ1v) is 6.40. The summed E-state index contributed by atoms with van der Waals surface area (Å²) in [4.78, 5) is 22.9. The molecule has 0 bridgehead atoms. The Hall–Kier alpha value is -1.92. The lowest BCUT2D eigenvalue weighted by Gasteiger charge is -2.16. The Morgan fingerprint density at radius 1 is 1.30 bits per heavy atom. The molecule has 6 heteroatoms. The Morgan fingerprint density at radius 2 is 1.95 bits per heavy atom. The summed E-state index contributed by atoms with van der Waals surface area (Å²) in [5.41, 5.74) is 1.57. The van der Waals surface area contributed by atoms with Crippen molar-refractivity contribution < 1.29 is 19.8 Å². The molecule has 20 heavy (non-hydrogen) atoms. The standard InChI is InChI=1S/C14H20N2O4/c1-9-5-3-4-6-11(9)16-13(18)7-12(14(19)20)15-8-10(2)17/h3-6,10,12,15,17H,7-8H2,1-2H3,(H,16,18)(H,19,20). The van der Waals surface area contributed by atoms with E-state index in [1.54, 1.807) is 19.1 Å². The molecule has 2 unspecified atom stereocenters. The molecule has 1 aromatic rings. The Kier molecular flexibility index (Phi) is 6.14. The zero-order valence-electron chi connectivity index (χ0n) is 11.6. The van der Waals surface area contributed by atoms with Crippen molar-refractivity contribution in [3.05, 3.63) is 29.8 Å². The van der Waals surface area contributed by atoms with Gasteiger partial charge in [0.2, 0.25) is 5.91 Å². The molecule has 0 aliphatic carbocycles. The van der Waals surface area contributed by atoms with Crippen LogP contribution in [0.3, 0.4) is 0 Å². The normalized spacial score (nSPS) is 13.6. The summed E-state index contributed by atoms with van der Waals surface area (Å²) < 4.78 is 0. The van der Waals surface area contributed by atoms with E-state index in [1.165, 1.54) is 0 Å². The smallest absolute Gasteiger partial charge is 0.321 e. The highest BCUT2D eigenvalue weighted by atomic mass is 16.4. The number of aryl methyl sites for hydroxylation is 1. The van der Waals surface area contributed by atoms with Gasteiger partial charge in [0.1, 0.15) is 6.04 Å². The van der Waals surface area contributed by atoms with Crippen LogP contribution in [0.4, 0.5) is 5.69 Å². The van der Waals surface area contributed by atoms with Crippen molar-refractivity contribution in [3.8, 4) is 0 Å². The number of amides is 1. The van der Waals surface area contributed by atoms with Gasteiger partial charge in [-0.15, -0.1) is 0 Å². The molecule has 110 valence electrons. The van der Waals surface area contributed by atoms with E-state index in [9.17, 15) is 9.59 Å². The number of carboxylic acids is 1. The number of benzene rings is 1. The summed E-state index contributed by atoms with van der Waals surface area (Å²) in [6.07, 6.45) is -0.868. The van der Waals surface area contributed by atoms with Crippen molar-refractivity contribution in [1.82, 2.24) is 5.32 Å². The van der Waals surface area contributed by atoms with Crippen LogP contribution in [0.25, 0.3) is 0 Å². The zero-order chi connectivity index (χ0) is 15.1. The fraction of sp³-hybridized carbons (Fsp3) is 0.429. The molecule has 1 amide bonds. The third-order valence-corrected chi connectivity index (χ3v) is 2.77. The van der Waals surface area contributed by atoms with E-state index in [0.717, 1.165) is 5.56 Å². The van der Waals surface area contributed by atoms with Crippen LogP contribution < -0.4 is 10.6 Å². The van der Waals surface area contributed by atoms with Crippen molar-refractivity contribution in [2.45, 2.75) is 32.4 Å². The van der Waals surface area contributed by atoms with Crippen LogP contribution in [-0.4, -0.2) is 40.8 Å². The van der Waals surface area contributed by atoms with Crippen molar-refractivity contribution in [3.63, 3.8) is 0 Å². The highest BCUT2D eigenvalue weighted by Crippen LogP contribution is 2.13. The Labute approximate surface area is 117 Å². The molecule has 1 aromatic carbocycles. The quantitative estimate of drug-likeness (QED) is 0.590. The van der Waals surface area contributed by atoms with Gasteiger partial charge < -0.3 is 20.8 Å². The predicted octanol–water partition coefficient (Wildman–Crippen LogP) is 0.747. The maximum Gasteiger partial charge on any atom is 0.321 e. The average molecular weight is 280 g/mol. The van der Waals surface area contributed by atoms with Crippen LogP contribution in [0.15, 0.2) is 24.3 Å². The lowest BCUT2D eigenvalue weighted by Crippen LogP contribution is -2.42. The molecule has 0 aliphatic rings. The van der Waals surface area contributed by atoms with E-state index < -0.39 is 18.1 Å². The fourth-order valence-corrected chi connectivity index (χ4v) is 1.66. The van der Waals surface area contributed by atoms with E-state index in [2.05, 4.69) is 10.6 Å². The molecule has 0 fully saturated rings. The van der Waals surface area contributed by atoms with E-state index in [-0.39, 0.29) is 18.9 Å². The number of aliphatic carboxylic acids is 1. The van der Waals surface area contributed by atoms with Gasteiger partial charge >= 0.3 is 5.97 Å². The minimum atomic E-state index is -1.12. The van der Waals surface area contributed by atoms with E-state index >= 15 is 0 Å². The SMILES string of the molecule is Cc1ccccc1NC(=O)CC(NCC(C)O)C(=O)O. The van der Waals surface area contributed by atoms with Gasteiger partial charge in [-0.3, -0.25) is 9.59 Å². The number of hydrogen-bond donors (Lipinski definition) is 4. The second-order valence-corrected chi connectivity index (χ2v) is 4.72. The number of aliphatic hydroxyl groups is 1. The van der Waals surface area contributed by atoms with E-state index in [0.29, 0.717) is 5.69 Å². The molecular weight excluding hydrogens is 260 g/mol. The largest absolute Gasteiger partial charge is 0.480 e. The third-order valence-electron chi connectivity index (χ3n) is 2.77. The minimum absolute atomic E-state index is 0.120. The Morgan fingerprint density at radius 3 is 2.50 bits per heavy atom. The highest BCUT2D eigenvalue weighted by molar-refractivity contribution is 5.94. The molecule has 0 saturated heterocycles. The second-order valence-electron chi connectivity index (χ2n) is 4.72. The number of carboxylic acid groups (broad SMARTS) is 1. The van der Waals surface area contributed by atoms with Gasteiger partial charge in [0.15, 0.2) is 0 Å². The maximum atomic E-state index is 11.8. The van der Waals surface area contributed by atoms with Gasteiger partial charge in [-0.2, -0.15) is 0 Å². The maximum absolute atomic E-state index is 11.8. The van der Waals surface area contributed by atoms with Crippen LogP contribution in [0.2, 0.25) is 0 Å². The van der Waals surface area contributed by atoms with Crippen molar-refractivity contribution in [1.29, 1.82) is 0 Å². The second kappa shape index (κ2) is 7.62. The molecule has 1 rings (SSSR count). The first-order chi connectivity index (χ1) is 9.40. The number of nitrogens with one attached hydrogen (secondary N) is 2. The molecule has 0 aromatic heterocycles. The van der Waals surface area contributed by atoms with Gasteiger partial charge in [-0.25, -0.2) is 0 Å². The van der Waals surface area contributed by atoms with Crippen LogP contribution in [0.1, 0.15) is 18.9 Å². The van der Waals surface area contributed by atoms with Crippen LogP contribution in [0, 0.1) is 6.92 Å². The topological polar surface area (TPSA) is 98.7 Å². The summed E-state index contributed by atoms with van der Waals surface area (Å²) in [5, 5.41) is 23.5. The van der Waals surface area contributed by atoms with Crippen molar-refractivity contribution in [2.24, 2.45) is 0 Å². The first kappa shape index (κ1) is 16.1. The zero-order valence-corrected chi connectivity index (χ0v) is 11.6. The Bertz CT molecular complexity index is 474. The minimum Gasteiger partial charge on any atom is -0.480 e. The number of hydrogen-bond acceptors (Lipinski definition) is 4. The third kappa shape index (κ3) is 5.38. The summed E-state index contributed by atoms with van der Waals surface area (Å²) in [7, 11) is 0. The predicted molar refractivity (Wildman–Crippen MR) is 75.5 cm³/mol. The first-order valence-electron chi connectivity index (χ1n) is 6.40. The molecular formula is C14H20N2O4. The number of aliphatic hydroxyl groups excluding tert-OH is 1. The van der Waals surface area contributed by atoms with E-state index in [4.69, 9.17) is 10.2 Å². The summed E-state index contributed by atoms with van der Waals surface area (Å²) >= 11 is 0. The van der Waals surface area contributed by atoms with E-state index in [1.807, 2.05) is 19.1 Å². The van der Waals surface area contributed by atoms with Gasteiger partial charge in [0.25, 0.3) is 0 Å². The van der Waals surface area contributed by atoms with Gasteiger partial charge in [0.05, 0.1) is 12.5 Å². The number of anilines is 1. The highest BCUT2D eigenvalue weighted by Gasteiger charge is 2.21. The molecule has 4 N–H and O–H groups in total. The molecule has 0 aliphatic heterocycles. The number of rotatable bonds is 7. The van der Waals surface area contributed by atoms with Crippen LogP contribution in [-0.2, 0) is 9.59 Å². The summed E-state index contributed by atoms with van der Waals surface area (Å²) in [6.45, 7) is 3.52. The summed E-state index contributed by atoms with van der Waals surface area (Å²) in [6, 6.07) is 6.24. The number of carbonyl (C=O) groups excluding carboxylic acids is 1. The fourth-order valence-electron chi connectivity index (χ4n) is 1.66. The molecule has 2 atom stereocenters. The molecule has 0 radical (unpaired) electrons. The number of para-hydroxylation sites is 1. The Balaban J connectivity index is 2.58. The van der Waals surface area contributed by atoms with Crippen LogP contribution >= 0.6 is 0 Å². The lowest BCUT2D eigenvalue weighted by molar-refractivity contribution is -0.141. The average Bonchev–Trinajstić information content (AvgIpc) is 2.36. The monoisotopic (exact) mass is 280 g/mol. The van der Waals surface area contributed by atoms with Crippen molar-refractivity contribution >= 4 is 17.6 Å². The van der Waals surface area contributed by atoms with Crippen LogP contribution in [0.5, 0.6) is 0 Å². The molecule has 0 heterocycles.